The van der Waals surface area contributed by atoms with Crippen LogP contribution >= 0.6 is 0 Å². The predicted molar refractivity (Wildman–Crippen MR) is 137 cm³/mol. The number of carbonyl (C=O) groups is 1. The van der Waals surface area contributed by atoms with Crippen LogP contribution in [0.2, 0.25) is 0 Å². The highest BCUT2D eigenvalue weighted by Crippen LogP contribution is 2.35. The van der Waals surface area contributed by atoms with Crippen LogP contribution in [0.15, 0.2) is 89.3 Å². The van der Waals surface area contributed by atoms with Crippen LogP contribution < -0.4 is 4.74 Å². The van der Waals surface area contributed by atoms with E-state index < -0.39 is 0 Å². The first-order valence-electron chi connectivity index (χ1n) is 12.4. The molecule has 0 bridgehead atoms. The maximum Gasteiger partial charge on any atom is 0.223 e. The summed E-state index contributed by atoms with van der Waals surface area (Å²) in [6.07, 6.45) is 2.84. The van der Waals surface area contributed by atoms with Crippen molar-refractivity contribution in [1.82, 2.24) is 9.88 Å². The zero-order chi connectivity index (χ0) is 24.0. The fraction of sp³-hybridized carbons (Fsp3) is 0.267. The molecule has 0 aliphatic carbocycles. The molecular weight excluding hydrogens is 436 g/mol. The maximum absolute atomic E-state index is 13.2. The lowest BCUT2D eigenvalue weighted by atomic mass is 10.0. The highest BCUT2D eigenvalue weighted by Gasteiger charge is 2.30. The summed E-state index contributed by atoms with van der Waals surface area (Å²) in [4.78, 5) is 20.1. The van der Waals surface area contributed by atoms with E-state index in [1.165, 1.54) is 0 Å². The van der Waals surface area contributed by atoms with Gasteiger partial charge in [0.25, 0.3) is 0 Å². The number of carbonyl (C=O) groups excluding carboxylic acids is 1. The van der Waals surface area contributed by atoms with E-state index in [-0.39, 0.29) is 11.9 Å². The van der Waals surface area contributed by atoms with Gasteiger partial charge in [-0.05, 0) is 37.5 Å². The number of aryl methyl sites for hydroxylation is 1. The molecule has 0 N–H and O–H groups in total. The van der Waals surface area contributed by atoms with Gasteiger partial charge in [0, 0.05) is 30.5 Å². The highest BCUT2D eigenvalue weighted by atomic mass is 16.5. The Morgan fingerprint density at radius 3 is 2.34 bits per heavy atom. The van der Waals surface area contributed by atoms with Crippen LogP contribution in [0.25, 0.3) is 22.6 Å². The fourth-order valence-electron chi connectivity index (χ4n) is 4.77. The lowest BCUT2D eigenvalue weighted by molar-refractivity contribution is -0.132. The van der Waals surface area contributed by atoms with Crippen molar-refractivity contribution in [3.63, 3.8) is 0 Å². The third-order valence-corrected chi connectivity index (χ3v) is 6.46. The number of aromatic nitrogens is 1. The predicted octanol–water partition coefficient (Wildman–Crippen LogP) is 6.70. The minimum Gasteiger partial charge on any atom is -0.494 e. The Morgan fingerprint density at radius 2 is 1.66 bits per heavy atom. The van der Waals surface area contributed by atoms with Crippen LogP contribution in [-0.2, 0) is 11.2 Å². The van der Waals surface area contributed by atoms with Crippen molar-refractivity contribution in [2.75, 3.05) is 13.2 Å². The lowest BCUT2D eigenvalue weighted by Gasteiger charge is -2.25. The number of hydrogen-bond donors (Lipinski definition) is 0. The van der Waals surface area contributed by atoms with Gasteiger partial charge in [-0.2, -0.15) is 0 Å². The molecule has 5 heteroatoms. The Hall–Kier alpha value is -3.86. The van der Waals surface area contributed by atoms with Gasteiger partial charge >= 0.3 is 0 Å². The van der Waals surface area contributed by atoms with E-state index in [2.05, 4.69) is 12.1 Å². The van der Waals surface area contributed by atoms with Crippen molar-refractivity contribution >= 4 is 5.91 Å². The van der Waals surface area contributed by atoms with Crippen LogP contribution in [0, 0.1) is 0 Å². The largest absolute Gasteiger partial charge is 0.494 e. The number of benzene rings is 3. The molecule has 0 saturated carbocycles. The maximum atomic E-state index is 13.2. The van der Waals surface area contributed by atoms with Crippen LogP contribution in [0.1, 0.15) is 43.7 Å². The Morgan fingerprint density at radius 1 is 0.971 bits per heavy atom. The minimum atomic E-state index is 0.113. The molecule has 1 fully saturated rings. The number of likely N-dealkylation sites (tertiary alicyclic amines) is 1. The third kappa shape index (κ3) is 5.14. The van der Waals surface area contributed by atoms with Gasteiger partial charge in [-0.15, -0.1) is 0 Å². The molecule has 0 spiro atoms. The molecule has 4 aromatic rings. The van der Waals surface area contributed by atoms with Gasteiger partial charge in [0.05, 0.1) is 12.6 Å². The summed E-state index contributed by atoms with van der Waals surface area (Å²) in [5.74, 6) is 2.34. The number of hydrogen-bond acceptors (Lipinski definition) is 4. The van der Waals surface area contributed by atoms with Crippen LogP contribution in [0.4, 0.5) is 0 Å². The van der Waals surface area contributed by atoms with E-state index in [1.807, 2.05) is 84.6 Å². The summed E-state index contributed by atoms with van der Waals surface area (Å²) < 4.78 is 11.8. The average molecular weight is 467 g/mol. The molecule has 5 rings (SSSR count). The molecule has 1 amide bonds. The van der Waals surface area contributed by atoms with Gasteiger partial charge in [0.15, 0.2) is 11.7 Å². The van der Waals surface area contributed by atoms with Crippen LogP contribution in [0.3, 0.4) is 0 Å². The first kappa shape index (κ1) is 22.9. The van der Waals surface area contributed by atoms with Gasteiger partial charge in [0.2, 0.25) is 5.91 Å². The number of amides is 1. The number of rotatable bonds is 8. The molecule has 178 valence electrons. The molecule has 1 unspecified atom stereocenters. The van der Waals surface area contributed by atoms with Gasteiger partial charge in [-0.3, -0.25) is 4.79 Å². The normalized spacial score (nSPS) is 15.3. The smallest absolute Gasteiger partial charge is 0.223 e. The molecule has 35 heavy (non-hydrogen) atoms. The second-order valence-corrected chi connectivity index (χ2v) is 8.76. The van der Waals surface area contributed by atoms with Crippen molar-refractivity contribution in [2.45, 2.75) is 38.6 Å². The molecule has 5 nitrogen and oxygen atoms in total. The second-order valence-electron chi connectivity index (χ2n) is 8.76. The van der Waals surface area contributed by atoms with E-state index in [0.29, 0.717) is 25.3 Å². The Bertz CT molecular complexity index is 1190. The van der Waals surface area contributed by atoms with Crippen molar-refractivity contribution in [2.24, 2.45) is 0 Å². The molecule has 1 atom stereocenters. The topological polar surface area (TPSA) is 55.6 Å². The van der Waals surface area contributed by atoms with E-state index in [0.717, 1.165) is 53.3 Å². The molecule has 1 aromatic heterocycles. The molecule has 1 aliphatic heterocycles. The van der Waals surface area contributed by atoms with Gasteiger partial charge in [-0.1, -0.05) is 72.8 Å². The van der Waals surface area contributed by atoms with Gasteiger partial charge in [-0.25, -0.2) is 4.98 Å². The second kappa shape index (κ2) is 10.6. The van der Waals surface area contributed by atoms with Crippen LogP contribution in [-0.4, -0.2) is 28.9 Å². The quantitative estimate of drug-likeness (QED) is 0.290. The Kier molecular flexibility index (Phi) is 6.94. The van der Waals surface area contributed by atoms with Crippen molar-refractivity contribution in [3.05, 3.63) is 96.4 Å². The van der Waals surface area contributed by atoms with Gasteiger partial charge in [0.1, 0.15) is 11.4 Å². The van der Waals surface area contributed by atoms with Crippen LogP contribution in [0.5, 0.6) is 5.75 Å². The summed E-state index contributed by atoms with van der Waals surface area (Å²) in [7, 11) is 0. The Labute approximate surface area is 206 Å². The van der Waals surface area contributed by atoms with Crippen molar-refractivity contribution < 1.29 is 13.9 Å². The fourth-order valence-corrected chi connectivity index (χ4v) is 4.77. The number of ether oxygens (including phenoxy) is 1. The zero-order valence-electron chi connectivity index (χ0n) is 20.0. The molecule has 2 heterocycles. The average Bonchev–Trinajstić information content (AvgIpc) is 3.57. The molecule has 0 radical (unpaired) electrons. The summed E-state index contributed by atoms with van der Waals surface area (Å²) >= 11 is 0. The third-order valence-electron chi connectivity index (χ3n) is 6.46. The monoisotopic (exact) mass is 466 g/mol. The SMILES string of the molecule is CCOc1ccc(C2CCCN2C(=O)CCc2nc(-c3ccccc3)c(-c3ccccc3)o2)cc1. The standard InChI is InChI=1S/C30H30N2O3/c1-2-34-25-17-15-22(16-18-25)26-14-9-21-32(26)28(33)20-19-27-31-29(23-10-5-3-6-11-23)30(35-27)24-12-7-4-8-13-24/h3-8,10-13,15-18,26H,2,9,14,19-21H2,1H3. The van der Waals surface area contributed by atoms with E-state index in [4.69, 9.17) is 14.1 Å². The molecular formula is C30H30N2O3. The molecule has 1 aliphatic rings. The lowest BCUT2D eigenvalue weighted by Crippen LogP contribution is -2.30. The highest BCUT2D eigenvalue weighted by molar-refractivity contribution is 5.78. The minimum absolute atomic E-state index is 0.113. The van der Waals surface area contributed by atoms with E-state index >= 15 is 0 Å². The Balaban J connectivity index is 1.32. The summed E-state index contributed by atoms with van der Waals surface area (Å²) in [6, 6.07) is 28.3. The summed E-state index contributed by atoms with van der Waals surface area (Å²) in [5.41, 5.74) is 3.95. The number of oxazole rings is 1. The van der Waals surface area contributed by atoms with Crippen molar-refractivity contribution in [1.29, 1.82) is 0 Å². The van der Waals surface area contributed by atoms with E-state index in [9.17, 15) is 4.79 Å². The summed E-state index contributed by atoms with van der Waals surface area (Å²) in [6.45, 7) is 3.41. The first-order valence-corrected chi connectivity index (χ1v) is 12.4. The first-order chi connectivity index (χ1) is 17.2. The zero-order valence-corrected chi connectivity index (χ0v) is 20.0. The van der Waals surface area contributed by atoms with E-state index in [1.54, 1.807) is 0 Å². The number of nitrogens with zero attached hydrogens (tertiary/aromatic N) is 2. The molecule has 3 aromatic carbocycles. The summed E-state index contributed by atoms with van der Waals surface area (Å²) in [5, 5.41) is 0. The van der Waals surface area contributed by atoms with Gasteiger partial charge < -0.3 is 14.1 Å². The van der Waals surface area contributed by atoms with Crippen molar-refractivity contribution in [3.8, 4) is 28.3 Å². The molecule has 1 saturated heterocycles.